The molecule has 0 aliphatic carbocycles. The molecular weight excluding hydrogens is 242 g/mol. The van der Waals surface area contributed by atoms with Crippen molar-refractivity contribution in [3.05, 3.63) is 47.2 Å². The van der Waals surface area contributed by atoms with Gasteiger partial charge in [0.05, 0.1) is 5.69 Å². The predicted molar refractivity (Wildman–Crippen MR) is 73.0 cm³/mol. The first kappa shape index (κ1) is 13.3. The molecule has 5 heteroatoms. The molecule has 1 atom stereocenters. The van der Waals surface area contributed by atoms with E-state index in [0.717, 1.165) is 5.56 Å². The van der Waals surface area contributed by atoms with Crippen molar-refractivity contribution < 1.29 is 9.21 Å². The number of benzene rings is 1. The third kappa shape index (κ3) is 3.00. The van der Waals surface area contributed by atoms with Crippen LogP contribution in [-0.4, -0.2) is 10.9 Å². The van der Waals surface area contributed by atoms with Gasteiger partial charge in [-0.25, -0.2) is 4.98 Å². The van der Waals surface area contributed by atoms with Crippen molar-refractivity contribution in [1.29, 1.82) is 0 Å². The fraction of sp³-hybridized carbons (Fsp3) is 0.286. The van der Waals surface area contributed by atoms with Gasteiger partial charge in [0.1, 0.15) is 0 Å². The van der Waals surface area contributed by atoms with E-state index in [1.807, 2.05) is 31.2 Å². The summed E-state index contributed by atoms with van der Waals surface area (Å²) >= 11 is 0. The van der Waals surface area contributed by atoms with Crippen LogP contribution in [0.3, 0.4) is 0 Å². The highest BCUT2D eigenvalue weighted by Crippen LogP contribution is 2.17. The van der Waals surface area contributed by atoms with E-state index in [0.29, 0.717) is 17.3 Å². The first-order valence-electron chi connectivity index (χ1n) is 6.08. The smallest absolute Gasteiger partial charge is 0.293 e. The third-order valence-corrected chi connectivity index (χ3v) is 2.78. The minimum atomic E-state index is -0.306. The number of hydrogen-bond acceptors (Lipinski definition) is 4. The fourth-order valence-corrected chi connectivity index (χ4v) is 1.83. The molecule has 0 radical (unpaired) electrons. The number of rotatable bonds is 3. The fourth-order valence-electron chi connectivity index (χ4n) is 1.83. The van der Waals surface area contributed by atoms with E-state index < -0.39 is 0 Å². The summed E-state index contributed by atoms with van der Waals surface area (Å²) in [6.45, 7) is 5.34. The second-order valence-electron chi connectivity index (χ2n) is 4.52. The number of nitrogens with two attached hydrogens (primary N) is 1. The summed E-state index contributed by atoms with van der Waals surface area (Å²) in [4.78, 5) is 16.1. The SMILES string of the molecule is Cc1nc(C)c(C(=O)Nc2cccc(C(C)N)c2)o1. The topological polar surface area (TPSA) is 81.2 Å². The van der Waals surface area contributed by atoms with Crippen LogP contribution in [0.4, 0.5) is 5.69 Å². The number of hydrogen-bond donors (Lipinski definition) is 2. The van der Waals surface area contributed by atoms with Crippen LogP contribution >= 0.6 is 0 Å². The normalized spacial score (nSPS) is 12.2. The van der Waals surface area contributed by atoms with Gasteiger partial charge in [-0.15, -0.1) is 0 Å². The van der Waals surface area contributed by atoms with Gasteiger partial charge in [-0.2, -0.15) is 0 Å². The summed E-state index contributed by atoms with van der Waals surface area (Å²) < 4.78 is 5.28. The first-order valence-corrected chi connectivity index (χ1v) is 6.08. The van der Waals surface area contributed by atoms with Gasteiger partial charge >= 0.3 is 0 Å². The van der Waals surface area contributed by atoms with Crippen molar-refractivity contribution >= 4 is 11.6 Å². The summed E-state index contributed by atoms with van der Waals surface area (Å²) in [7, 11) is 0. The largest absolute Gasteiger partial charge is 0.436 e. The van der Waals surface area contributed by atoms with Crippen LogP contribution in [0.1, 0.15) is 40.7 Å². The molecule has 0 spiro atoms. The minimum absolute atomic E-state index is 0.0777. The van der Waals surface area contributed by atoms with E-state index in [-0.39, 0.29) is 17.7 Å². The quantitative estimate of drug-likeness (QED) is 0.887. The zero-order valence-electron chi connectivity index (χ0n) is 11.2. The van der Waals surface area contributed by atoms with Crippen LogP contribution in [0.5, 0.6) is 0 Å². The van der Waals surface area contributed by atoms with Crippen molar-refractivity contribution in [2.24, 2.45) is 5.73 Å². The number of nitrogens with one attached hydrogen (secondary N) is 1. The molecule has 0 bridgehead atoms. The lowest BCUT2D eigenvalue weighted by Gasteiger charge is -2.08. The van der Waals surface area contributed by atoms with Crippen LogP contribution in [0.15, 0.2) is 28.7 Å². The number of carbonyl (C=O) groups is 1. The van der Waals surface area contributed by atoms with Crippen molar-refractivity contribution in [3.8, 4) is 0 Å². The van der Waals surface area contributed by atoms with Crippen molar-refractivity contribution in [3.63, 3.8) is 0 Å². The molecule has 1 amide bonds. The highest BCUT2D eigenvalue weighted by molar-refractivity contribution is 6.02. The van der Waals surface area contributed by atoms with Gasteiger partial charge in [-0.3, -0.25) is 4.79 Å². The second-order valence-corrected chi connectivity index (χ2v) is 4.52. The lowest BCUT2D eigenvalue weighted by molar-refractivity contribution is 0.0994. The van der Waals surface area contributed by atoms with Gasteiger partial charge in [0, 0.05) is 18.7 Å². The average molecular weight is 259 g/mol. The molecule has 0 saturated carbocycles. The number of amides is 1. The zero-order chi connectivity index (χ0) is 14.0. The lowest BCUT2D eigenvalue weighted by atomic mass is 10.1. The molecule has 1 heterocycles. The highest BCUT2D eigenvalue weighted by atomic mass is 16.4. The standard InChI is InChI=1S/C14H17N3O2/c1-8(15)11-5-4-6-12(7-11)17-14(18)13-9(2)16-10(3)19-13/h4-8H,15H2,1-3H3,(H,17,18). The van der Waals surface area contributed by atoms with E-state index in [9.17, 15) is 4.79 Å². The Morgan fingerprint density at radius 2 is 2.16 bits per heavy atom. The monoisotopic (exact) mass is 259 g/mol. The van der Waals surface area contributed by atoms with Crippen LogP contribution in [0.25, 0.3) is 0 Å². The molecule has 3 N–H and O–H groups in total. The van der Waals surface area contributed by atoms with Gasteiger partial charge in [0.15, 0.2) is 5.89 Å². The number of nitrogens with zero attached hydrogens (tertiary/aromatic N) is 1. The van der Waals surface area contributed by atoms with E-state index >= 15 is 0 Å². The summed E-state index contributed by atoms with van der Waals surface area (Å²) in [5, 5.41) is 2.78. The molecule has 0 aliphatic heterocycles. The summed E-state index contributed by atoms with van der Waals surface area (Å²) in [5.41, 5.74) is 8.04. The molecule has 2 rings (SSSR count). The van der Waals surface area contributed by atoms with Gasteiger partial charge < -0.3 is 15.5 Å². The molecule has 0 fully saturated rings. The number of oxazole rings is 1. The van der Waals surface area contributed by atoms with Crippen LogP contribution < -0.4 is 11.1 Å². The Balaban J connectivity index is 2.19. The van der Waals surface area contributed by atoms with Gasteiger partial charge in [0.25, 0.3) is 5.91 Å². The van der Waals surface area contributed by atoms with E-state index in [4.69, 9.17) is 10.2 Å². The molecule has 1 aromatic heterocycles. The Kier molecular flexibility index (Phi) is 3.66. The molecule has 19 heavy (non-hydrogen) atoms. The summed E-state index contributed by atoms with van der Waals surface area (Å²) in [5.74, 6) is 0.413. The maximum atomic E-state index is 12.1. The average Bonchev–Trinajstić information content (AvgIpc) is 2.69. The predicted octanol–water partition coefficient (Wildman–Crippen LogP) is 2.56. The maximum Gasteiger partial charge on any atom is 0.293 e. The molecule has 0 saturated heterocycles. The van der Waals surface area contributed by atoms with Crippen molar-refractivity contribution in [1.82, 2.24) is 4.98 Å². The second kappa shape index (κ2) is 5.24. The number of carbonyl (C=O) groups excluding carboxylic acids is 1. The Labute approximate surface area is 111 Å². The Morgan fingerprint density at radius 1 is 1.42 bits per heavy atom. The highest BCUT2D eigenvalue weighted by Gasteiger charge is 2.16. The van der Waals surface area contributed by atoms with E-state index in [2.05, 4.69) is 10.3 Å². The third-order valence-electron chi connectivity index (χ3n) is 2.78. The zero-order valence-corrected chi connectivity index (χ0v) is 11.2. The molecular formula is C14H17N3O2. The number of aryl methyl sites for hydroxylation is 2. The number of anilines is 1. The van der Waals surface area contributed by atoms with Crippen LogP contribution in [-0.2, 0) is 0 Å². The lowest BCUT2D eigenvalue weighted by Crippen LogP contribution is -2.13. The van der Waals surface area contributed by atoms with E-state index in [1.54, 1.807) is 13.8 Å². The molecule has 1 aromatic carbocycles. The van der Waals surface area contributed by atoms with Crippen LogP contribution in [0, 0.1) is 13.8 Å². The molecule has 100 valence electrons. The van der Waals surface area contributed by atoms with Gasteiger partial charge in [-0.1, -0.05) is 12.1 Å². The van der Waals surface area contributed by atoms with Gasteiger partial charge in [0.2, 0.25) is 5.76 Å². The van der Waals surface area contributed by atoms with E-state index in [1.165, 1.54) is 0 Å². The summed E-state index contributed by atoms with van der Waals surface area (Å²) in [6.07, 6.45) is 0. The van der Waals surface area contributed by atoms with Crippen LogP contribution in [0.2, 0.25) is 0 Å². The van der Waals surface area contributed by atoms with Crippen molar-refractivity contribution in [2.45, 2.75) is 26.8 Å². The summed E-state index contributed by atoms with van der Waals surface area (Å²) in [6, 6.07) is 7.35. The molecule has 1 unspecified atom stereocenters. The molecule has 5 nitrogen and oxygen atoms in total. The maximum absolute atomic E-state index is 12.1. The Hall–Kier alpha value is -2.14. The van der Waals surface area contributed by atoms with Gasteiger partial charge in [-0.05, 0) is 31.5 Å². The molecule has 2 aromatic rings. The Bertz CT molecular complexity index is 602. The number of aromatic nitrogens is 1. The molecule has 0 aliphatic rings. The first-order chi connectivity index (χ1) is 8.97. The Morgan fingerprint density at radius 3 is 2.74 bits per heavy atom. The minimum Gasteiger partial charge on any atom is -0.436 e. The van der Waals surface area contributed by atoms with Crippen molar-refractivity contribution in [2.75, 3.05) is 5.32 Å².